The second-order valence-corrected chi connectivity index (χ2v) is 4.71. The SMILES string of the molecule is CCN(CCC(N)=S)C(=O)c1cnn2ccccc12. The van der Waals surface area contributed by atoms with Gasteiger partial charge in [-0.15, -0.1) is 0 Å². The number of carbonyl (C=O) groups excluding carboxylic acids is 1. The molecule has 0 aliphatic heterocycles. The Hall–Kier alpha value is -1.95. The van der Waals surface area contributed by atoms with Crippen molar-refractivity contribution >= 4 is 28.6 Å². The van der Waals surface area contributed by atoms with Gasteiger partial charge in [0, 0.05) is 25.7 Å². The van der Waals surface area contributed by atoms with Crippen LogP contribution in [0.5, 0.6) is 0 Å². The first-order valence-electron chi connectivity index (χ1n) is 6.13. The Bertz CT molecular complexity index is 607. The first-order chi connectivity index (χ1) is 9.13. The number of aromatic nitrogens is 2. The van der Waals surface area contributed by atoms with Crippen LogP contribution in [0.3, 0.4) is 0 Å². The van der Waals surface area contributed by atoms with Crippen molar-refractivity contribution in [3.05, 3.63) is 36.2 Å². The van der Waals surface area contributed by atoms with Crippen molar-refractivity contribution < 1.29 is 4.79 Å². The van der Waals surface area contributed by atoms with Gasteiger partial charge in [-0.05, 0) is 19.1 Å². The van der Waals surface area contributed by atoms with Crippen molar-refractivity contribution in [3.63, 3.8) is 0 Å². The number of amides is 1. The fraction of sp³-hybridized carbons (Fsp3) is 0.308. The lowest BCUT2D eigenvalue weighted by molar-refractivity contribution is 0.0771. The average Bonchev–Trinajstić information content (AvgIpc) is 2.82. The molecule has 19 heavy (non-hydrogen) atoms. The Balaban J connectivity index is 2.24. The molecular weight excluding hydrogens is 260 g/mol. The number of pyridine rings is 1. The molecule has 2 N–H and O–H groups in total. The van der Waals surface area contributed by atoms with Crippen LogP contribution >= 0.6 is 12.2 Å². The maximum Gasteiger partial charge on any atom is 0.257 e. The van der Waals surface area contributed by atoms with Crippen LogP contribution in [0.2, 0.25) is 0 Å². The van der Waals surface area contributed by atoms with E-state index in [1.54, 1.807) is 15.6 Å². The number of thiocarbonyl (C=S) groups is 1. The Kier molecular flexibility index (Phi) is 4.11. The highest BCUT2D eigenvalue weighted by atomic mass is 32.1. The first kappa shape index (κ1) is 13.5. The Labute approximate surface area is 117 Å². The van der Waals surface area contributed by atoms with Crippen molar-refractivity contribution in [1.29, 1.82) is 0 Å². The second-order valence-electron chi connectivity index (χ2n) is 4.19. The quantitative estimate of drug-likeness (QED) is 0.840. The largest absolute Gasteiger partial charge is 0.393 e. The van der Waals surface area contributed by atoms with E-state index in [0.717, 1.165) is 5.52 Å². The molecule has 2 heterocycles. The van der Waals surface area contributed by atoms with Gasteiger partial charge in [0.2, 0.25) is 0 Å². The van der Waals surface area contributed by atoms with Gasteiger partial charge in [-0.25, -0.2) is 4.52 Å². The lowest BCUT2D eigenvalue weighted by Crippen LogP contribution is -2.33. The van der Waals surface area contributed by atoms with Crippen molar-refractivity contribution in [2.75, 3.05) is 13.1 Å². The molecule has 0 aliphatic rings. The third kappa shape index (κ3) is 2.90. The van der Waals surface area contributed by atoms with Crippen LogP contribution in [0, 0.1) is 0 Å². The van der Waals surface area contributed by atoms with E-state index < -0.39 is 0 Å². The lowest BCUT2D eigenvalue weighted by Gasteiger charge is -2.19. The van der Waals surface area contributed by atoms with Gasteiger partial charge in [0.15, 0.2) is 0 Å². The minimum atomic E-state index is -0.0417. The number of carbonyl (C=O) groups is 1. The van der Waals surface area contributed by atoms with E-state index in [1.807, 2.05) is 31.3 Å². The van der Waals surface area contributed by atoms with Crippen molar-refractivity contribution in [2.45, 2.75) is 13.3 Å². The molecule has 6 heteroatoms. The van der Waals surface area contributed by atoms with Crippen molar-refractivity contribution in [1.82, 2.24) is 14.5 Å². The fourth-order valence-electron chi connectivity index (χ4n) is 1.92. The monoisotopic (exact) mass is 276 g/mol. The molecule has 0 bridgehead atoms. The molecule has 100 valence electrons. The van der Waals surface area contributed by atoms with Crippen molar-refractivity contribution in [3.8, 4) is 0 Å². The van der Waals surface area contributed by atoms with E-state index in [4.69, 9.17) is 18.0 Å². The molecule has 2 aromatic rings. The summed E-state index contributed by atoms with van der Waals surface area (Å²) in [7, 11) is 0. The van der Waals surface area contributed by atoms with E-state index >= 15 is 0 Å². The molecule has 1 amide bonds. The van der Waals surface area contributed by atoms with Gasteiger partial charge in [0.05, 0.1) is 22.3 Å². The van der Waals surface area contributed by atoms with Crippen LogP contribution in [0.1, 0.15) is 23.7 Å². The highest BCUT2D eigenvalue weighted by molar-refractivity contribution is 7.80. The van der Waals surface area contributed by atoms with Crippen LogP contribution in [-0.4, -0.2) is 38.5 Å². The van der Waals surface area contributed by atoms with Gasteiger partial charge in [0.1, 0.15) is 0 Å². The van der Waals surface area contributed by atoms with E-state index in [0.29, 0.717) is 30.1 Å². The van der Waals surface area contributed by atoms with Crippen LogP contribution in [0.15, 0.2) is 30.6 Å². The molecule has 0 saturated heterocycles. The minimum Gasteiger partial charge on any atom is -0.393 e. The Morgan fingerprint density at radius 3 is 3.00 bits per heavy atom. The number of nitrogens with zero attached hydrogens (tertiary/aromatic N) is 3. The molecule has 0 spiro atoms. The zero-order valence-corrected chi connectivity index (χ0v) is 11.6. The first-order valence-corrected chi connectivity index (χ1v) is 6.54. The summed E-state index contributed by atoms with van der Waals surface area (Å²) in [6, 6.07) is 5.64. The summed E-state index contributed by atoms with van der Waals surface area (Å²) >= 11 is 4.85. The molecule has 5 nitrogen and oxygen atoms in total. The van der Waals surface area contributed by atoms with Gasteiger partial charge in [-0.3, -0.25) is 4.79 Å². The number of hydrogen-bond donors (Lipinski definition) is 1. The van der Waals surface area contributed by atoms with Crippen LogP contribution < -0.4 is 5.73 Å². The van der Waals surface area contributed by atoms with Gasteiger partial charge in [0.25, 0.3) is 5.91 Å². The van der Waals surface area contributed by atoms with E-state index in [9.17, 15) is 4.79 Å². The summed E-state index contributed by atoms with van der Waals surface area (Å²) < 4.78 is 1.69. The van der Waals surface area contributed by atoms with Gasteiger partial charge < -0.3 is 10.6 Å². The molecule has 2 aromatic heterocycles. The zero-order valence-electron chi connectivity index (χ0n) is 10.7. The Morgan fingerprint density at radius 2 is 2.32 bits per heavy atom. The fourth-order valence-corrected chi connectivity index (χ4v) is 2.01. The predicted molar refractivity (Wildman–Crippen MR) is 78.2 cm³/mol. The maximum atomic E-state index is 12.5. The zero-order chi connectivity index (χ0) is 13.8. The number of hydrogen-bond acceptors (Lipinski definition) is 3. The maximum absolute atomic E-state index is 12.5. The van der Waals surface area contributed by atoms with Gasteiger partial charge >= 0.3 is 0 Å². The molecular formula is C13H16N4OS. The van der Waals surface area contributed by atoms with Crippen LogP contribution in [0.25, 0.3) is 5.52 Å². The third-order valence-electron chi connectivity index (χ3n) is 2.95. The third-order valence-corrected chi connectivity index (χ3v) is 3.16. The summed E-state index contributed by atoms with van der Waals surface area (Å²) in [6.45, 7) is 3.09. The van der Waals surface area contributed by atoms with Gasteiger partial charge in [-0.1, -0.05) is 18.3 Å². The van der Waals surface area contributed by atoms with Crippen LogP contribution in [0.4, 0.5) is 0 Å². The summed E-state index contributed by atoms with van der Waals surface area (Å²) in [5, 5.41) is 4.17. The summed E-state index contributed by atoms with van der Waals surface area (Å²) in [6.07, 6.45) is 3.95. The highest BCUT2D eigenvalue weighted by Crippen LogP contribution is 2.13. The molecule has 0 saturated carbocycles. The standard InChI is InChI=1S/C13H16N4OS/c1-2-16(8-6-12(14)19)13(18)10-9-15-17-7-4-3-5-11(10)17/h3-5,7,9H,2,6,8H2,1H3,(H2,14,19). The molecule has 0 unspecified atom stereocenters. The van der Waals surface area contributed by atoms with Crippen molar-refractivity contribution in [2.24, 2.45) is 5.73 Å². The highest BCUT2D eigenvalue weighted by Gasteiger charge is 2.18. The van der Waals surface area contributed by atoms with E-state index in [2.05, 4.69) is 5.10 Å². The van der Waals surface area contributed by atoms with E-state index in [1.165, 1.54) is 0 Å². The van der Waals surface area contributed by atoms with Gasteiger partial charge in [-0.2, -0.15) is 5.10 Å². The molecule has 0 atom stereocenters. The minimum absolute atomic E-state index is 0.0417. The Morgan fingerprint density at radius 1 is 1.53 bits per heavy atom. The summed E-state index contributed by atoms with van der Waals surface area (Å²) in [5.74, 6) is -0.0417. The summed E-state index contributed by atoms with van der Waals surface area (Å²) in [4.78, 5) is 14.6. The molecule has 0 aromatic carbocycles. The second kappa shape index (κ2) is 5.79. The average molecular weight is 276 g/mol. The topological polar surface area (TPSA) is 63.6 Å². The van der Waals surface area contributed by atoms with Crippen LogP contribution in [-0.2, 0) is 0 Å². The normalized spacial score (nSPS) is 10.6. The number of nitrogens with two attached hydrogens (primary N) is 1. The molecule has 0 radical (unpaired) electrons. The summed E-state index contributed by atoms with van der Waals surface area (Å²) in [5.41, 5.74) is 6.89. The molecule has 0 fully saturated rings. The smallest absolute Gasteiger partial charge is 0.257 e. The molecule has 0 aliphatic carbocycles. The predicted octanol–water partition coefficient (Wildman–Crippen LogP) is 1.47. The number of rotatable bonds is 5. The lowest BCUT2D eigenvalue weighted by atomic mass is 10.2. The number of fused-ring (bicyclic) bond motifs is 1. The van der Waals surface area contributed by atoms with E-state index in [-0.39, 0.29) is 5.91 Å². The molecule has 2 rings (SSSR count).